The molecule has 0 bridgehead atoms. The molecule has 1 N–H and O–H groups in total. The number of esters is 1. The highest BCUT2D eigenvalue weighted by Gasteiger charge is 2.38. The van der Waals surface area contributed by atoms with Crippen LogP contribution in [0.4, 0.5) is 5.69 Å². The fourth-order valence-corrected chi connectivity index (χ4v) is 5.43. The van der Waals surface area contributed by atoms with Crippen molar-refractivity contribution in [2.45, 2.75) is 19.9 Å². The van der Waals surface area contributed by atoms with Gasteiger partial charge in [0.05, 0.1) is 35.5 Å². The lowest BCUT2D eigenvalue weighted by Gasteiger charge is -2.33. The first-order valence-corrected chi connectivity index (χ1v) is 13.4. The van der Waals surface area contributed by atoms with Gasteiger partial charge in [0, 0.05) is 16.4 Å². The molecule has 2 aliphatic rings. The van der Waals surface area contributed by atoms with Crippen LogP contribution in [0.2, 0.25) is 0 Å². The molecule has 8 nitrogen and oxygen atoms in total. The summed E-state index contributed by atoms with van der Waals surface area (Å²) >= 11 is 8.41. The lowest BCUT2D eigenvalue weighted by molar-refractivity contribution is -0.139. The van der Waals surface area contributed by atoms with E-state index in [1.165, 1.54) is 18.9 Å². The fraction of sp³-hybridized carbons (Fsp3) is 0.240. The minimum atomic E-state index is -0.470. The predicted octanol–water partition coefficient (Wildman–Crippen LogP) is 6.01. The summed E-state index contributed by atoms with van der Waals surface area (Å²) in [5.41, 5.74) is 2.48. The zero-order valence-electron chi connectivity index (χ0n) is 19.7. The van der Waals surface area contributed by atoms with E-state index in [1.807, 2.05) is 34.7 Å². The second-order valence-corrected chi connectivity index (χ2v) is 10.3. The normalized spacial score (nSPS) is 16.4. The summed E-state index contributed by atoms with van der Waals surface area (Å²) in [7, 11) is 1.52. The molecule has 0 saturated carbocycles. The zero-order valence-corrected chi connectivity index (χ0v) is 23.7. The van der Waals surface area contributed by atoms with Crippen LogP contribution >= 0.6 is 43.6 Å². The second-order valence-electron chi connectivity index (χ2n) is 7.70. The summed E-state index contributed by atoms with van der Waals surface area (Å²) in [6, 6.07) is 10.4. The molecule has 0 saturated heterocycles. The van der Waals surface area contributed by atoms with Crippen LogP contribution in [-0.2, 0) is 14.3 Å². The van der Waals surface area contributed by atoms with Crippen LogP contribution in [0.15, 0.2) is 73.2 Å². The maximum Gasteiger partial charge on any atom is 0.338 e. The molecule has 0 radical (unpaired) electrons. The van der Waals surface area contributed by atoms with Crippen molar-refractivity contribution in [3.8, 4) is 11.5 Å². The highest BCUT2D eigenvalue weighted by molar-refractivity contribution is 9.10. The number of ether oxygens (including phenoxy) is 3. The molecule has 11 heteroatoms. The Bertz CT molecular complexity index is 1280. The summed E-state index contributed by atoms with van der Waals surface area (Å²) in [6.45, 7) is 3.61. The predicted molar refractivity (Wildman–Crippen MR) is 147 cm³/mol. The van der Waals surface area contributed by atoms with E-state index in [0.29, 0.717) is 32.9 Å². The van der Waals surface area contributed by atoms with E-state index < -0.39 is 12.0 Å². The number of carbonyl (C=O) groups is 2. The average molecular weight is 637 g/mol. The Kier molecular flexibility index (Phi) is 8.43. The van der Waals surface area contributed by atoms with Crippen LogP contribution in [0.3, 0.4) is 0 Å². The van der Waals surface area contributed by atoms with Crippen molar-refractivity contribution in [3.63, 3.8) is 0 Å². The van der Waals surface area contributed by atoms with Crippen molar-refractivity contribution in [3.05, 3.63) is 73.8 Å². The second kappa shape index (κ2) is 11.5. The third-order valence-electron chi connectivity index (χ3n) is 5.36. The molecule has 0 unspecified atom stereocenters. The molecule has 0 fully saturated rings. The molecule has 0 aromatic heterocycles. The van der Waals surface area contributed by atoms with Gasteiger partial charge in [0.25, 0.3) is 5.91 Å². The largest absolute Gasteiger partial charge is 0.493 e. The smallest absolute Gasteiger partial charge is 0.338 e. The van der Waals surface area contributed by atoms with Crippen molar-refractivity contribution >= 4 is 66.4 Å². The van der Waals surface area contributed by atoms with E-state index in [4.69, 9.17) is 14.2 Å². The molecule has 2 aromatic rings. The number of hydrogen-bond acceptors (Lipinski definition) is 8. The van der Waals surface area contributed by atoms with Gasteiger partial charge < -0.3 is 24.4 Å². The Morgan fingerprint density at radius 2 is 1.94 bits per heavy atom. The summed E-state index contributed by atoms with van der Waals surface area (Å²) in [6.07, 6.45) is 1.89. The molecule has 4 rings (SSSR count). The Morgan fingerprint density at radius 1 is 1.19 bits per heavy atom. The standard InChI is InChI=1S/C25H23Br2N3O5S/c1-4-34-24(32)21-14(2)28-25-30(9-10-36-25)22(21)15-11-18(27)23(19(12-15)33-3)35-13-20(31)29-17-7-5-16(26)6-8-17/h5-12,22H,4,13H2,1-3H3,(H,29,31)/t22-/m0/s1. The topological polar surface area (TPSA) is 89.5 Å². The van der Waals surface area contributed by atoms with Crippen LogP contribution in [0.5, 0.6) is 11.5 Å². The monoisotopic (exact) mass is 635 g/mol. The van der Waals surface area contributed by atoms with Gasteiger partial charge in [0.15, 0.2) is 23.3 Å². The number of amides is 1. The van der Waals surface area contributed by atoms with Gasteiger partial charge in [-0.25, -0.2) is 9.79 Å². The van der Waals surface area contributed by atoms with Crippen molar-refractivity contribution in [1.29, 1.82) is 0 Å². The van der Waals surface area contributed by atoms with E-state index in [2.05, 4.69) is 42.2 Å². The average Bonchev–Trinajstić information content (AvgIpc) is 3.31. The first-order valence-electron chi connectivity index (χ1n) is 11.0. The number of halogens is 2. The van der Waals surface area contributed by atoms with Crippen molar-refractivity contribution in [2.24, 2.45) is 4.99 Å². The number of amidine groups is 1. The molecule has 188 valence electrons. The van der Waals surface area contributed by atoms with Crippen LogP contribution in [-0.4, -0.2) is 42.3 Å². The molecule has 2 aromatic carbocycles. The van der Waals surface area contributed by atoms with Crippen molar-refractivity contribution in [1.82, 2.24) is 4.90 Å². The maximum atomic E-state index is 12.9. The Labute approximate surface area is 230 Å². The maximum absolute atomic E-state index is 12.9. The molecular weight excluding hydrogens is 614 g/mol. The first kappa shape index (κ1) is 26.3. The summed E-state index contributed by atoms with van der Waals surface area (Å²) < 4.78 is 18.3. The lowest BCUT2D eigenvalue weighted by Crippen LogP contribution is -2.34. The molecule has 0 aliphatic carbocycles. The minimum Gasteiger partial charge on any atom is -0.493 e. The number of anilines is 1. The Balaban J connectivity index is 1.60. The highest BCUT2D eigenvalue weighted by atomic mass is 79.9. The van der Waals surface area contributed by atoms with Crippen LogP contribution in [0.25, 0.3) is 0 Å². The van der Waals surface area contributed by atoms with Gasteiger partial charge in [0.1, 0.15) is 0 Å². The van der Waals surface area contributed by atoms with Gasteiger partial charge in [-0.3, -0.25) is 4.79 Å². The van der Waals surface area contributed by atoms with Gasteiger partial charge in [-0.2, -0.15) is 0 Å². The van der Waals surface area contributed by atoms with Crippen LogP contribution < -0.4 is 14.8 Å². The zero-order chi connectivity index (χ0) is 25.8. The van der Waals surface area contributed by atoms with Gasteiger partial charge in [0.2, 0.25) is 0 Å². The van der Waals surface area contributed by atoms with E-state index in [9.17, 15) is 9.59 Å². The van der Waals surface area contributed by atoms with Gasteiger partial charge >= 0.3 is 5.97 Å². The van der Waals surface area contributed by atoms with E-state index in [-0.39, 0.29) is 19.1 Å². The molecule has 1 atom stereocenters. The minimum absolute atomic E-state index is 0.219. The third-order valence-corrected chi connectivity index (χ3v) is 7.25. The number of allylic oxidation sites excluding steroid dienone is 1. The highest BCUT2D eigenvalue weighted by Crippen LogP contribution is 2.45. The Hall–Kier alpha value is -2.76. The number of carbonyl (C=O) groups excluding carboxylic acids is 2. The number of benzene rings is 2. The SMILES string of the molecule is CCOC(=O)C1=C(C)N=C2SC=CN2[C@H]1c1cc(Br)c(OCC(=O)Nc2ccc(Br)cc2)c(OC)c1. The number of nitrogens with one attached hydrogen (secondary N) is 1. The summed E-state index contributed by atoms with van der Waals surface area (Å²) in [5.74, 6) is 0.0530. The van der Waals surface area contributed by atoms with Crippen molar-refractivity contribution in [2.75, 3.05) is 25.6 Å². The van der Waals surface area contributed by atoms with Gasteiger partial charge in [-0.15, -0.1) is 0 Å². The first-order chi connectivity index (χ1) is 17.3. The quantitative estimate of drug-likeness (QED) is 0.355. The molecule has 0 spiro atoms. The van der Waals surface area contributed by atoms with Gasteiger partial charge in [-0.05, 0) is 77.1 Å². The van der Waals surface area contributed by atoms with E-state index >= 15 is 0 Å². The number of aliphatic imine (C=N–C) groups is 1. The van der Waals surface area contributed by atoms with Crippen LogP contribution in [0, 0.1) is 0 Å². The molecule has 2 heterocycles. The van der Waals surface area contributed by atoms with Crippen molar-refractivity contribution < 1.29 is 23.8 Å². The summed E-state index contributed by atoms with van der Waals surface area (Å²) in [5, 5.41) is 5.48. The van der Waals surface area contributed by atoms with E-state index in [1.54, 1.807) is 32.0 Å². The fourth-order valence-electron chi connectivity index (χ4n) is 3.80. The third kappa shape index (κ3) is 5.63. The molecular formula is C25H23Br2N3O5S. The number of thioether (sulfide) groups is 1. The Morgan fingerprint density at radius 3 is 2.64 bits per heavy atom. The van der Waals surface area contributed by atoms with E-state index in [0.717, 1.165) is 15.2 Å². The summed E-state index contributed by atoms with van der Waals surface area (Å²) in [4.78, 5) is 31.9. The van der Waals surface area contributed by atoms with Crippen LogP contribution in [0.1, 0.15) is 25.5 Å². The number of hydrogen-bond donors (Lipinski definition) is 1. The van der Waals surface area contributed by atoms with Gasteiger partial charge in [-0.1, -0.05) is 27.7 Å². The number of nitrogens with zero attached hydrogens (tertiary/aromatic N) is 2. The lowest BCUT2D eigenvalue weighted by atomic mass is 9.94. The number of methoxy groups -OCH3 is 1. The molecule has 2 aliphatic heterocycles. The molecule has 36 heavy (non-hydrogen) atoms. The number of rotatable bonds is 8. The number of fused-ring (bicyclic) bond motifs is 1. The molecule has 1 amide bonds.